The lowest BCUT2D eigenvalue weighted by molar-refractivity contribution is -0.117. The number of anilines is 1. The predicted molar refractivity (Wildman–Crippen MR) is 126 cm³/mol. The summed E-state index contributed by atoms with van der Waals surface area (Å²) in [6, 6.07) is 24.0. The molecule has 1 atom stereocenters. The first kappa shape index (κ1) is 20.8. The molecule has 1 aromatic heterocycles. The number of carbonyl (C=O) groups excluding carboxylic acids is 1. The van der Waals surface area contributed by atoms with Crippen LogP contribution in [-0.4, -0.2) is 21.7 Å². The first-order valence-corrected chi connectivity index (χ1v) is 10.6. The van der Waals surface area contributed by atoms with Gasteiger partial charge in [0.1, 0.15) is 0 Å². The molecular weight excluding hydrogens is 384 g/mol. The number of benzene rings is 3. The van der Waals surface area contributed by atoms with Gasteiger partial charge in [0.25, 0.3) is 0 Å². The molecule has 5 nitrogen and oxygen atoms in total. The van der Waals surface area contributed by atoms with E-state index in [0.29, 0.717) is 6.54 Å². The molecular formula is C26H28N4O. The minimum atomic E-state index is -0.338. The third-order valence-corrected chi connectivity index (χ3v) is 5.73. The second-order valence-corrected chi connectivity index (χ2v) is 7.91. The number of aromatic nitrogens is 2. The van der Waals surface area contributed by atoms with Crippen molar-refractivity contribution in [2.75, 3.05) is 5.32 Å². The van der Waals surface area contributed by atoms with E-state index < -0.39 is 0 Å². The Morgan fingerprint density at radius 2 is 1.68 bits per heavy atom. The fourth-order valence-corrected chi connectivity index (χ4v) is 3.82. The quantitative estimate of drug-likeness (QED) is 0.458. The molecule has 3 aromatic carbocycles. The van der Waals surface area contributed by atoms with Gasteiger partial charge in [0.2, 0.25) is 5.91 Å². The van der Waals surface area contributed by atoms with E-state index in [2.05, 4.69) is 29.7 Å². The van der Waals surface area contributed by atoms with Crippen molar-refractivity contribution in [1.29, 1.82) is 0 Å². The van der Waals surface area contributed by atoms with Crippen LogP contribution >= 0.6 is 0 Å². The molecule has 158 valence electrons. The summed E-state index contributed by atoms with van der Waals surface area (Å²) in [6.07, 6.45) is 0. The van der Waals surface area contributed by atoms with E-state index in [1.807, 2.05) is 79.2 Å². The molecule has 0 aliphatic rings. The average molecular weight is 413 g/mol. The number of rotatable bonds is 7. The number of aryl methyl sites for hydroxylation is 1. The fourth-order valence-electron chi connectivity index (χ4n) is 3.82. The third-order valence-electron chi connectivity index (χ3n) is 5.73. The third kappa shape index (κ3) is 4.67. The summed E-state index contributed by atoms with van der Waals surface area (Å²) in [7, 11) is 0. The summed E-state index contributed by atoms with van der Waals surface area (Å²) in [5.41, 5.74) is 5.30. The zero-order valence-electron chi connectivity index (χ0n) is 18.2. The van der Waals surface area contributed by atoms with Crippen molar-refractivity contribution < 1.29 is 4.79 Å². The van der Waals surface area contributed by atoms with Crippen molar-refractivity contribution in [2.24, 2.45) is 0 Å². The predicted octanol–water partition coefficient (Wildman–Crippen LogP) is 4.82. The molecule has 2 N–H and O–H groups in total. The Labute approximate surface area is 183 Å². The van der Waals surface area contributed by atoms with Crippen LogP contribution < -0.4 is 10.6 Å². The first-order valence-electron chi connectivity index (χ1n) is 10.6. The van der Waals surface area contributed by atoms with Gasteiger partial charge in [-0.15, -0.1) is 0 Å². The van der Waals surface area contributed by atoms with Crippen molar-refractivity contribution in [3.8, 4) is 0 Å². The van der Waals surface area contributed by atoms with Crippen LogP contribution in [0.3, 0.4) is 0 Å². The highest BCUT2D eigenvalue weighted by Crippen LogP contribution is 2.23. The highest BCUT2D eigenvalue weighted by Gasteiger charge is 2.17. The van der Waals surface area contributed by atoms with Gasteiger partial charge in [0, 0.05) is 28.9 Å². The van der Waals surface area contributed by atoms with Crippen molar-refractivity contribution in [2.45, 2.75) is 39.9 Å². The van der Waals surface area contributed by atoms with Crippen LogP contribution in [0.1, 0.15) is 29.4 Å². The monoisotopic (exact) mass is 412 g/mol. The largest absolute Gasteiger partial charge is 0.324 e. The van der Waals surface area contributed by atoms with Crippen molar-refractivity contribution in [3.05, 3.63) is 95.3 Å². The molecule has 31 heavy (non-hydrogen) atoms. The normalized spacial score (nSPS) is 12.1. The van der Waals surface area contributed by atoms with Gasteiger partial charge in [-0.1, -0.05) is 66.7 Å². The van der Waals surface area contributed by atoms with Gasteiger partial charge >= 0.3 is 0 Å². The maximum Gasteiger partial charge on any atom is 0.241 e. The molecule has 0 aliphatic carbocycles. The first-order chi connectivity index (χ1) is 15.0. The van der Waals surface area contributed by atoms with Gasteiger partial charge < -0.3 is 10.6 Å². The van der Waals surface area contributed by atoms with Gasteiger partial charge in [-0.25, -0.2) is 0 Å². The number of hydrogen-bond acceptors (Lipinski definition) is 3. The molecule has 0 radical (unpaired) electrons. The van der Waals surface area contributed by atoms with Crippen LogP contribution in [0.15, 0.2) is 72.8 Å². The molecule has 0 saturated carbocycles. The Bertz CT molecular complexity index is 1190. The molecule has 4 rings (SSSR count). The van der Waals surface area contributed by atoms with E-state index in [0.717, 1.165) is 40.0 Å². The van der Waals surface area contributed by atoms with Crippen LogP contribution in [0.2, 0.25) is 0 Å². The van der Waals surface area contributed by atoms with E-state index in [1.54, 1.807) is 0 Å². The van der Waals surface area contributed by atoms with Crippen LogP contribution in [0.4, 0.5) is 5.69 Å². The summed E-state index contributed by atoms with van der Waals surface area (Å²) in [4.78, 5) is 12.8. The van der Waals surface area contributed by atoms with Crippen molar-refractivity contribution >= 4 is 22.4 Å². The molecule has 0 aliphatic heterocycles. The Balaban J connectivity index is 1.41. The summed E-state index contributed by atoms with van der Waals surface area (Å²) in [6.45, 7) is 7.33. The van der Waals surface area contributed by atoms with Gasteiger partial charge in [-0.2, -0.15) is 5.10 Å². The van der Waals surface area contributed by atoms with Crippen LogP contribution in [0.25, 0.3) is 10.8 Å². The molecule has 0 fully saturated rings. The molecule has 5 heteroatoms. The molecule has 1 heterocycles. The molecule has 0 bridgehead atoms. The second kappa shape index (κ2) is 9.14. The number of carbonyl (C=O) groups is 1. The second-order valence-electron chi connectivity index (χ2n) is 7.91. The summed E-state index contributed by atoms with van der Waals surface area (Å²) in [5, 5.41) is 13.3. The number of hydrogen-bond donors (Lipinski definition) is 2. The van der Waals surface area contributed by atoms with Gasteiger partial charge in [0.05, 0.1) is 18.3 Å². The van der Waals surface area contributed by atoms with Gasteiger partial charge in [0.15, 0.2) is 0 Å². The molecule has 1 amide bonds. The number of nitrogens with zero attached hydrogens (tertiary/aromatic N) is 2. The minimum Gasteiger partial charge on any atom is -0.324 e. The average Bonchev–Trinajstić information content (AvgIpc) is 3.05. The summed E-state index contributed by atoms with van der Waals surface area (Å²) >= 11 is 0. The maximum atomic E-state index is 12.8. The molecule has 0 unspecified atom stereocenters. The lowest BCUT2D eigenvalue weighted by atomic mass is 10.1. The van der Waals surface area contributed by atoms with Crippen molar-refractivity contribution in [3.63, 3.8) is 0 Å². The highest BCUT2D eigenvalue weighted by atomic mass is 16.2. The Morgan fingerprint density at radius 3 is 2.48 bits per heavy atom. The number of nitrogens with one attached hydrogen (secondary N) is 2. The van der Waals surface area contributed by atoms with Crippen LogP contribution in [-0.2, 0) is 17.9 Å². The van der Waals surface area contributed by atoms with E-state index in [1.165, 1.54) is 5.56 Å². The zero-order chi connectivity index (χ0) is 21.8. The van der Waals surface area contributed by atoms with E-state index in [-0.39, 0.29) is 11.9 Å². The SMILES string of the molecule is Cc1nn(Cc2ccccc2)c(C)c1CN[C@@H](C)C(=O)Nc1cccc2ccccc12. The summed E-state index contributed by atoms with van der Waals surface area (Å²) < 4.78 is 2.03. The minimum absolute atomic E-state index is 0.0525. The number of fused-ring (bicyclic) bond motifs is 1. The smallest absolute Gasteiger partial charge is 0.241 e. The Morgan fingerprint density at radius 1 is 0.968 bits per heavy atom. The Kier molecular flexibility index (Phi) is 6.14. The fraction of sp³-hybridized carbons (Fsp3) is 0.231. The molecule has 4 aromatic rings. The van der Waals surface area contributed by atoms with Crippen LogP contribution in [0, 0.1) is 13.8 Å². The topological polar surface area (TPSA) is 59.0 Å². The number of amides is 1. The lowest BCUT2D eigenvalue weighted by Gasteiger charge is -2.15. The van der Waals surface area contributed by atoms with Crippen molar-refractivity contribution in [1.82, 2.24) is 15.1 Å². The van der Waals surface area contributed by atoms with E-state index >= 15 is 0 Å². The lowest BCUT2D eigenvalue weighted by Crippen LogP contribution is -2.37. The molecule has 0 saturated heterocycles. The van der Waals surface area contributed by atoms with Gasteiger partial charge in [-0.3, -0.25) is 9.48 Å². The zero-order valence-corrected chi connectivity index (χ0v) is 18.2. The van der Waals surface area contributed by atoms with Crippen LogP contribution in [0.5, 0.6) is 0 Å². The van der Waals surface area contributed by atoms with E-state index in [4.69, 9.17) is 5.10 Å². The summed E-state index contributed by atoms with van der Waals surface area (Å²) in [5.74, 6) is -0.0525. The molecule has 0 spiro atoms. The van der Waals surface area contributed by atoms with E-state index in [9.17, 15) is 4.79 Å². The Hall–Kier alpha value is -3.44. The highest BCUT2D eigenvalue weighted by molar-refractivity contribution is 6.03. The van der Waals surface area contributed by atoms with Gasteiger partial charge in [-0.05, 0) is 37.8 Å². The maximum absolute atomic E-state index is 12.8. The standard InChI is InChI=1S/C26H28N4O/c1-18-24(20(3)30(29-18)17-21-10-5-4-6-11-21)16-27-19(2)26(31)28-25-15-9-13-22-12-7-8-14-23(22)25/h4-15,19,27H,16-17H2,1-3H3,(H,28,31)/t19-/m0/s1.